The molecule has 0 radical (unpaired) electrons. The summed E-state index contributed by atoms with van der Waals surface area (Å²) in [6.07, 6.45) is 3.35. The Morgan fingerprint density at radius 2 is 1.95 bits per heavy atom. The monoisotopic (exact) mass is 558 g/mol. The highest BCUT2D eigenvalue weighted by Crippen LogP contribution is 2.43. The standard InChI is InChI=1S/C29H39N2O7P/c1-6-23-20(4)25-18-37-29(34)26(25)27(32)24(23)14-13-19(3)17-30-15-16-39(35,31-21(5)28(33)36-7-2)38-22-11-9-8-10-12-22/h8-13,21,30,32H,6-7,14-18H2,1-5H3,(H,31,35)/b19-13+/t21-,39?/m0/s1. The van der Waals surface area contributed by atoms with Crippen LogP contribution in [0.3, 0.4) is 0 Å². The Morgan fingerprint density at radius 1 is 1.23 bits per heavy atom. The highest BCUT2D eigenvalue weighted by Gasteiger charge is 2.31. The summed E-state index contributed by atoms with van der Waals surface area (Å²) in [6.45, 7) is 10.6. The van der Waals surface area contributed by atoms with Crippen LogP contribution in [0.15, 0.2) is 42.0 Å². The van der Waals surface area contributed by atoms with Crippen LogP contribution < -0.4 is 14.9 Å². The topological polar surface area (TPSA) is 123 Å². The van der Waals surface area contributed by atoms with Gasteiger partial charge in [0.1, 0.15) is 29.7 Å². The zero-order chi connectivity index (χ0) is 28.6. The van der Waals surface area contributed by atoms with Gasteiger partial charge in [-0.3, -0.25) is 9.36 Å². The number of cyclic esters (lactones) is 1. The number of esters is 2. The van der Waals surface area contributed by atoms with Gasteiger partial charge in [-0.05, 0) is 63.8 Å². The molecule has 0 bridgehead atoms. The van der Waals surface area contributed by atoms with E-state index >= 15 is 0 Å². The number of benzene rings is 2. The van der Waals surface area contributed by atoms with E-state index in [2.05, 4.69) is 10.4 Å². The van der Waals surface area contributed by atoms with Crippen LogP contribution in [0.4, 0.5) is 0 Å². The Balaban J connectivity index is 1.64. The summed E-state index contributed by atoms with van der Waals surface area (Å²) >= 11 is 0. The van der Waals surface area contributed by atoms with E-state index in [0.29, 0.717) is 25.3 Å². The molecular formula is C29H39N2O7P. The van der Waals surface area contributed by atoms with Crippen LogP contribution in [0.25, 0.3) is 0 Å². The van der Waals surface area contributed by atoms with Crippen molar-refractivity contribution in [1.29, 1.82) is 0 Å². The van der Waals surface area contributed by atoms with Gasteiger partial charge in [-0.2, -0.15) is 0 Å². The van der Waals surface area contributed by atoms with Gasteiger partial charge in [0.15, 0.2) is 0 Å². The van der Waals surface area contributed by atoms with Crippen molar-refractivity contribution in [2.24, 2.45) is 0 Å². The molecular weight excluding hydrogens is 519 g/mol. The molecule has 39 heavy (non-hydrogen) atoms. The quantitative estimate of drug-likeness (QED) is 0.130. The number of fused-ring (bicyclic) bond motifs is 1. The maximum absolute atomic E-state index is 13.7. The number of phenolic OH excluding ortho intramolecular Hbond substituents is 1. The molecule has 1 heterocycles. The Morgan fingerprint density at radius 3 is 2.62 bits per heavy atom. The number of para-hydroxylation sites is 1. The molecule has 0 fully saturated rings. The molecule has 2 atom stereocenters. The summed E-state index contributed by atoms with van der Waals surface area (Å²) in [6, 6.07) is 8.03. The fraction of sp³-hybridized carbons (Fsp3) is 0.448. The molecule has 1 aliphatic heterocycles. The molecule has 0 saturated heterocycles. The van der Waals surface area contributed by atoms with Gasteiger partial charge in [-0.25, -0.2) is 9.88 Å². The third kappa shape index (κ3) is 7.72. The van der Waals surface area contributed by atoms with Gasteiger partial charge in [0.05, 0.1) is 12.8 Å². The lowest BCUT2D eigenvalue weighted by Crippen LogP contribution is -2.36. The summed E-state index contributed by atoms with van der Waals surface area (Å²) in [4.78, 5) is 24.3. The van der Waals surface area contributed by atoms with Crippen molar-refractivity contribution in [2.75, 3.05) is 25.9 Å². The molecule has 1 aliphatic rings. The smallest absolute Gasteiger partial charge is 0.342 e. The number of hydrogen-bond acceptors (Lipinski definition) is 8. The van der Waals surface area contributed by atoms with Crippen molar-refractivity contribution in [3.8, 4) is 11.5 Å². The first-order valence-corrected chi connectivity index (χ1v) is 15.1. The molecule has 1 unspecified atom stereocenters. The maximum atomic E-state index is 13.7. The number of nitrogens with one attached hydrogen (secondary N) is 2. The summed E-state index contributed by atoms with van der Waals surface area (Å²) in [5, 5.41) is 17.0. The first kappa shape index (κ1) is 30.4. The molecule has 0 aromatic heterocycles. The Labute approximate surface area is 230 Å². The summed E-state index contributed by atoms with van der Waals surface area (Å²) in [5.74, 6) is -0.524. The first-order chi connectivity index (χ1) is 18.6. The van der Waals surface area contributed by atoms with Crippen molar-refractivity contribution in [1.82, 2.24) is 10.4 Å². The molecule has 212 valence electrons. The summed E-state index contributed by atoms with van der Waals surface area (Å²) in [7, 11) is -3.44. The normalized spacial score (nSPS) is 15.3. The van der Waals surface area contributed by atoms with Crippen LogP contribution in [0.5, 0.6) is 11.5 Å². The fourth-order valence-corrected chi connectivity index (χ4v) is 6.49. The summed E-state index contributed by atoms with van der Waals surface area (Å²) < 4.78 is 29.7. The van der Waals surface area contributed by atoms with Gasteiger partial charge in [0, 0.05) is 24.2 Å². The lowest BCUT2D eigenvalue weighted by Gasteiger charge is -2.23. The maximum Gasteiger partial charge on any atom is 0.342 e. The SMILES string of the molecule is CCOC(=O)[C@H](C)NP(=O)(CCNC/C(C)=C/Cc1c(O)c2c(c(C)c1CC)COC2=O)Oc1ccccc1. The van der Waals surface area contributed by atoms with Crippen molar-refractivity contribution in [3.05, 3.63) is 69.8 Å². The van der Waals surface area contributed by atoms with Gasteiger partial charge in [-0.15, -0.1) is 0 Å². The molecule has 3 rings (SSSR count). The number of phenols is 1. The van der Waals surface area contributed by atoms with E-state index in [1.807, 2.05) is 32.9 Å². The average Bonchev–Trinajstić information content (AvgIpc) is 3.30. The average molecular weight is 559 g/mol. The number of rotatable bonds is 14. The number of carbonyl (C=O) groups excluding carboxylic acids is 2. The third-order valence-corrected chi connectivity index (χ3v) is 8.77. The largest absolute Gasteiger partial charge is 0.507 e. The van der Waals surface area contributed by atoms with E-state index in [0.717, 1.165) is 34.2 Å². The van der Waals surface area contributed by atoms with Gasteiger partial charge in [0.25, 0.3) is 0 Å². The van der Waals surface area contributed by atoms with E-state index in [1.54, 1.807) is 38.1 Å². The minimum atomic E-state index is -3.44. The second-order valence-corrected chi connectivity index (χ2v) is 11.8. The lowest BCUT2D eigenvalue weighted by atomic mass is 9.89. The van der Waals surface area contributed by atoms with Crippen LogP contribution in [0, 0.1) is 6.92 Å². The molecule has 3 N–H and O–H groups in total. The van der Waals surface area contributed by atoms with E-state index in [9.17, 15) is 19.3 Å². The Bertz CT molecular complexity index is 1260. The van der Waals surface area contributed by atoms with Gasteiger partial charge in [-0.1, -0.05) is 36.8 Å². The second-order valence-electron chi connectivity index (χ2n) is 9.55. The third-order valence-electron chi connectivity index (χ3n) is 6.67. The fourth-order valence-electron chi connectivity index (χ4n) is 4.60. The molecule has 0 saturated carbocycles. The van der Waals surface area contributed by atoms with Crippen LogP contribution in [-0.2, 0) is 38.3 Å². The number of hydrogen-bond donors (Lipinski definition) is 3. The second kappa shape index (κ2) is 13.8. The lowest BCUT2D eigenvalue weighted by molar-refractivity contribution is -0.144. The Kier molecular flexibility index (Phi) is 10.7. The highest BCUT2D eigenvalue weighted by molar-refractivity contribution is 7.57. The van der Waals surface area contributed by atoms with E-state index < -0.39 is 25.5 Å². The molecule has 10 heteroatoms. The van der Waals surface area contributed by atoms with Crippen LogP contribution in [0.1, 0.15) is 60.3 Å². The van der Waals surface area contributed by atoms with Gasteiger partial charge >= 0.3 is 19.5 Å². The van der Waals surface area contributed by atoms with Crippen LogP contribution in [0.2, 0.25) is 0 Å². The number of allylic oxidation sites excluding steroid dienone is 1. The zero-order valence-electron chi connectivity index (χ0n) is 23.3. The Hall–Kier alpha value is -3.13. The molecule has 0 spiro atoms. The van der Waals surface area contributed by atoms with Crippen molar-refractivity contribution >= 4 is 19.5 Å². The van der Waals surface area contributed by atoms with Crippen molar-refractivity contribution < 1.29 is 33.3 Å². The molecule has 9 nitrogen and oxygen atoms in total. The molecule has 2 aromatic rings. The number of ether oxygens (including phenoxy) is 2. The van der Waals surface area contributed by atoms with Gasteiger partial charge < -0.3 is 24.4 Å². The molecule has 0 aliphatic carbocycles. The van der Waals surface area contributed by atoms with Gasteiger partial charge in [0.2, 0.25) is 0 Å². The first-order valence-electron chi connectivity index (χ1n) is 13.3. The van der Waals surface area contributed by atoms with Crippen LogP contribution >= 0.6 is 7.52 Å². The minimum absolute atomic E-state index is 0.00718. The van der Waals surface area contributed by atoms with Crippen LogP contribution in [-0.4, -0.2) is 48.9 Å². The molecule has 2 aromatic carbocycles. The highest BCUT2D eigenvalue weighted by atomic mass is 31.2. The predicted octanol–water partition coefficient (Wildman–Crippen LogP) is 4.83. The zero-order valence-corrected chi connectivity index (χ0v) is 24.2. The van der Waals surface area contributed by atoms with Crippen molar-refractivity contribution in [3.63, 3.8) is 0 Å². The van der Waals surface area contributed by atoms with E-state index in [-0.39, 0.29) is 30.7 Å². The number of carbonyl (C=O) groups is 2. The van der Waals surface area contributed by atoms with E-state index in [4.69, 9.17) is 14.0 Å². The van der Waals surface area contributed by atoms with Crippen molar-refractivity contribution in [2.45, 2.75) is 60.1 Å². The predicted molar refractivity (Wildman–Crippen MR) is 150 cm³/mol. The summed E-state index contributed by atoms with van der Waals surface area (Å²) in [5.41, 5.74) is 4.83. The van der Waals surface area contributed by atoms with E-state index in [1.165, 1.54) is 0 Å². The minimum Gasteiger partial charge on any atom is -0.507 e. The molecule has 0 amide bonds. The number of aromatic hydroxyl groups is 1.